The van der Waals surface area contributed by atoms with Gasteiger partial charge in [-0.25, -0.2) is 9.97 Å². The van der Waals surface area contributed by atoms with Gasteiger partial charge >= 0.3 is 6.18 Å². The Labute approximate surface area is 189 Å². The average Bonchev–Trinajstić information content (AvgIpc) is 3.33. The van der Waals surface area contributed by atoms with E-state index in [-0.39, 0.29) is 18.0 Å². The zero-order chi connectivity index (χ0) is 23.8. The van der Waals surface area contributed by atoms with Crippen LogP contribution in [-0.2, 0) is 6.18 Å². The maximum absolute atomic E-state index is 13.6. The SMILES string of the molecule is Cc1ccc(C(=O)N2CCCC(N(C)c3ccc(C(F)(F)F)cn3)[C@@H]2C)c(-n2nccn2)n1. The Morgan fingerprint density at radius 2 is 1.88 bits per heavy atom. The number of hydrogen-bond acceptors (Lipinski definition) is 6. The van der Waals surface area contributed by atoms with Gasteiger partial charge in [0.25, 0.3) is 5.91 Å². The summed E-state index contributed by atoms with van der Waals surface area (Å²) in [6, 6.07) is 5.56. The Morgan fingerprint density at radius 1 is 1.15 bits per heavy atom. The van der Waals surface area contributed by atoms with Gasteiger partial charge in [0.2, 0.25) is 0 Å². The summed E-state index contributed by atoms with van der Waals surface area (Å²) in [5.74, 6) is 0.588. The Hall–Kier alpha value is -3.50. The molecule has 174 valence electrons. The molecule has 0 N–H and O–H groups in total. The fourth-order valence-corrected chi connectivity index (χ4v) is 4.20. The quantitative estimate of drug-likeness (QED) is 0.594. The highest BCUT2D eigenvalue weighted by Crippen LogP contribution is 2.31. The third kappa shape index (κ3) is 4.53. The highest BCUT2D eigenvalue weighted by Gasteiger charge is 2.36. The minimum absolute atomic E-state index is 0.114. The summed E-state index contributed by atoms with van der Waals surface area (Å²) in [6.07, 6.45) is 0.968. The summed E-state index contributed by atoms with van der Waals surface area (Å²) >= 11 is 0. The molecule has 4 rings (SSSR count). The van der Waals surface area contributed by atoms with Gasteiger partial charge in [-0.3, -0.25) is 4.79 Å². The number of alkyl halides is 3. The molecule has 11 heteroatoms. The van der Waals surface area contributed by atoms with E-state index in [0.29, 0.717) is 23.7 Å². The number of anilines is 1. The average molecular weight is 459 g/mol. The molecule has 0 radical (unpaired) electrons. The monoisotopic (exact) mass is 459 g/mol. The van der Waals surface area contributed by atoms with Gasteiger partial charge in [-0.05, 0) is 51.0 Å². The molecule has 0 aromatic carbocycles. The van der Waals surface area contributed by atoms with Crippen molar-refractivity contribution in [3.8, 4) is 5.82 Å². The number of amides is 1. The predicted octanol–water partition coefficient (Wildman–Crippen LogP) is 3.51. The lowest BCUT2D eigenvalue weighted by atomic mass is 9.95. The summed E-state index contributed by atoms with van der Waals surface area (Å²) in [4.78, 5) is 27.0. The van der Waals surface area contributed by atoms with Crippen LogP contribution >= 0.6 is 0 Å². The number of piperidine rings is 1. The fourth-order valence-electron chi connectivity index (χ4n) is 4.20. The van der Waals surface area contributed by atoms with E-state index in [1.807, 2.05) is 18.7 Å². The molecule has 8 nitrogen and oxygen atoms in total. The molecule has 0 spiro atoms. The van der Waals surface area contributed by atoms with Crippen LogP contribution in [-0.4, -0.2) is 61.4 Å². The number of likely N-dealkylation sites (N-methyl/N-ethyl adjacent to an activating group) is 1. The number of hydrogen-bond donors (Lipinski definition) is 0. The molecule has 0 aliphatic carbocycles. The third-order valence-electron chi connectivity index (χ3n) is 6.00. The van der Waals surface area contributed by atoms with Crippen LogP contribution in [0.4, 0.5) is 19.0 Å². The molecule has 0 bridgehead atoms. The number of carbonyl (C=O) groups is 1. The van der Waals surface area contributed by atoms with E-state index in [1.54, 1.807) is 24.1 Å². The largest absolute Gasteiger partial charge is 0.417 e. The zero-order valence-corrected chi connectivity index (χ0v) is 18.5. The van der Waals surface area contributed by atoms with E-state index in [9.17, 15) is 18.0 Å². The Balaban J connectivity index is 1.58. The number of halogens is 3. The second-order valence-corrected chi connectivity index (χ2v) is 8.10. The van der Waals surface area contributed by atoms with Crippen LogP contribution in [0.1, 0.15) is 41.4 Å². The standard InChI is InChI=1S/C22H24F3N7O/c1-14-6-8-17(20(29-14)32-27-10-11-28-32)21(33)31-12-4-5-18(15(31)2)30(3)19-9-7-16(13-26-19)22(23,24)25/h6-11,13,15,18H,4-5,12H2,1-3H3/t15-,18?/m0/s1. The van der Waals surface area contributed by atoms with Crippen LogP contribution in [0.5, 0.6) is 0 Å². The summed E-state index contributed by atoms with van der Waals surface area (Å²) in [7, 11) is 1.79. The molecular formula is C22H24F3N7O. The van der Waals surface area contributed by atoms with Crippen LogP contribution < -0.4 is 4.90 Å². The van der Waals surface area contributed by atoms with E-state index in [0.717, 1.165) is 30.8 Å². The minimum atomic E-state index is -4.44. The van der Waals surface area contributed by atoms with E-state index < -0.39 is 11.7 Å². The molecule has 4 heterocycles. The maximum atomic E-state index is 13.6. The van der Waals surface area contributed by atoms with Crippen LogP contribution in [0.2, 0.25) is 0 Å². The van der Waals surface area contributed by atoms with Crippen molar-refractivity contribution >= 4 is 11.7 Å². The molecular weight excluding hydrogens is 435 g/mol. The molecule has 1 amide bonds. The molecule has 1 aliphatic rings. The van der Waals surface area contributed by atoms with E-state index in [2.05, 4.69) is 20.2 Å². The molecule has 2 atom stereocenters. The summed E-state index contributed by atoms with van der Waals surface area (Å²) in [5.41, 5.74) is 0.330. The second kappa shape index (κ2) is 8.80. The van der Waals surface area contributed by atoms with Gasteiger partial charge in [-0.15, -0.1) is 4.80 Å². The lowest BCUT2D eigenvalue weighted by Gasteiger charge is -2.44. The van der Waals surface area contributed by atoms with Crippen LogP contribution in [0.3, 0.4) is 0 Å². The van der Waals surface area contributed by atoms with E-state index in [1.165, 1.54) is 23.3 Å². The lowest BCUT2D eigenvalue weighted by Crippen LogP contribution is -2.55. The fraction of sp³-hybridized carbons (Fsp3) is 0.409. The van der Waals surface area contributed by atoms with E-state index in [4.69, 9.17) is 0 Å². The molecule has 1 saturated heterocycles. The Bertz CT molecular complexity index is 1120. The van der Waals surface area contributed by atoms with Crippen molar-refractivity contribution in [2.45, 2.75) is 44.9 Å². The lowest BCUT2D eigenvalue weighted by molar-refractivity contribution is -0.137. The van der Waals surface area contributed by atoms with Gasteiger partial charge in [0, 0.05) is 31.5 Å². The topological polar surface area (TPSA) is 80.0 Å². The summed E-state index contributed by atoms with van der Waals surface area (Å²) in [5, 5.41) is 8.24. The number of aromatic nitrogens is 5. The van der Waals surface area contributed by atoms with E-state index >= 15 is 0 Å². The minimum Gasteiger partial charge on any atom is -0.355 e. The van der Waals surface area contributed by atoms with Crippen LogP contribution in [0.15, 0.2) is 42.9 Å². The van der Waals surface area contributed by atoms with Gasteiger partial charge in [0.05, 0.1) is 29.6 Å². The zero-order valence-electron chi connectivity index (χ0n) is 18.5. The molecule has 3 aromatic heterocycles. The van der Waals surface area contributed by atoms with Crippen molar-refractivity contribution in [3.05, 3.63) is 59.7 Å². The van der Waals surface area contributed by atoms with Gasteiger partial charge in [-0.2, -0.15) is 23.4 Å². The van der Waals surface area contributed by atoms with Crippen molar-refractivity contribution in [2.24, 2.45) is 0 Å². The second-order valence-electron chi connectivity index (χ2n) is 8.10. The third-order valence-corrected chi connectivity index (χ3v) is 6.00. The van der Waals surface area contributed by atoms with Crippen molar-refractivity contribution in [1.82, 2.24) is 29.9 Å². The number of pyridine rings is 2. The highest BCUT2D eigenvalue weighted by atomic mass is 19.4. The van der Waals surface area contributed by atoms with Crippen LogP contribution in [0, 0.1) is 6.92 Å². The smallest absolute Gasteiger partial charge is 0.355 e. The first-order chi connectivity index (χ1) is 15.7. The van der Waals surface area contributed by atoms with Gasteiger partial charge in [-0.1, -0.05) is 0 Å². The van der Waals surface area contributed by atoms with Crippen molar-refractivity contribution < 1.29 is 18.0 Å². The number of carbonyl (C=O) groups excluding carboxylic acids is 1. The molecule has 1 fully saturated rings. The summed E-state index contributed by atoms with van der Waals surface area (Å²) < 4.78 is 38.7. The summed E-state index contributed by atoms with van der Waals surface area (Å²) in [6.45, 7) is 4.33. The highest BCUT2D eigenvalue weighted by molar-refractivity contribution is 5.97. The molecule has 33 heavy (non-hydrogen) atoms. The van der Waals surface area contributed by atoms with Gasteiger partial charge in [0.1, 0.15) is 5.82 Å². The van der Waals surface area contributed by atoms with Crippen LogP contribution in [0.25, 0.3) is 5.82 Å². The Kier molecular flexibility index (Phi) is 6.05. The normalized spacial score (nSPS) is 18.9. The number of nitrogens with zero attached hydrogens (tertiary/aromatic N) is 7. The predicted molar refractivity (Wildman–Crippen MR) is 115 cm³/mol. The molecule has 3 aromatic rings. The number of likely N-dealkylation sites (tertiary alicyclic amines) is 1. The first kappa shape index (κ1) is 22.7. The van der Waals surface area contributed by atoms with Crippen molar-refractivity contribution in [3.63, 3.8) is 0 Å². The molecule has 0 saturated carbocycles. The van der Waals surface area contributed by atoms with Gasteiger partial charge < -0.3 is 9.80 Å². The van der Waals surface area contributed by atoms with Gasteiger partial charge in [0.15, 0.2) is 5.82 Å². The molecule has 1 aliphatic heterocycles. The maximum Gasteiger partial charge on any atom is 0.417 e. The Morgan fingerprint density at radius 3 is 2.52 bits per heavy atom. The first-order valence-electron chi connectivity index (χ1n) is 10.6. The van der Waals surface area contributed by atoms with Crippen molar-refractivity contribution in [1.29, 1.82) is 0 Å². The number of aryl methyl sites for hydroxylation is 1. The van der Waals surface area contributed by atoms with Crippen molar-refractivity contribution in [2.75, 3.05) is 18.5 Å². The number of rotatable bonds is 4. The first-order valence-corrected chi connectivity index (χ1v) is 10.6. The molecule has 1 unspecified atom stereocenters.